The van der Waals surface area contributed by atoms with Crippen molar-refractivity contribution in [3.63, 3.8) is 0 Å². The molecule has 0 fully saturated rings. The Morgan fingerprint density at radius 3 is 2.95 bits per heavy atom. The van der Waals surface area contributed by atoms with Gasteiger partial charge >= 0.3 is 0 Å². The molecule has 1 aromatic carbocycles. The van der Waals surface area contributed by atoms with Gasteiger partial charge in [0.2, 0.25) is 0 Å². The second-order valence-electron chi connectivity index (χ2n) is 4.81. The average Bonchev–Trinajstić information content (AvgIpc) is 2.79. The van der Waals surface area contributed by atoms with Crippen LogP contribution < -0.4 is 5.32 Å². The van der Waals surface area contributed by atoms with E-state index in [1.54, 1.807) is 18.5 Å². The highest BCUT2D eigenvalue weighted by atomic mass is 79.9. The first-order chi connectivity index (χ1) is 9.04. The molecule has 0 aliphatic heterocycles. The second kappa shape index (κ2) is 6.30. The van der Waals surface area contributed by atoms with Gasteiger partial charge in [0, 0.05) is 28.8 Å². The standard InChI is InChI=1S/C14H17BrFN3/c1-10(2)17-6-13-8-19(9-18-13)7-11-5-12(15)3-4-14(11)16/h3-5,8-10,17H,6-7H2,1-2H3. The molecule has 19 heavy (non-hydrogen) atoms. The fourth-order valence-electron chi connectivity index (χ4n) is 1.75. The SMILES string of the molecule is CC(C)NCc1cn(Cc2cc(Br)ccc2F)cn1. The lowest BCUT2D eigenvalue weighted by molar-refractivity contribution is 0.581. The fraction of sp³-hybridized carbons (Fsp3) is 0.357. The van der Waals surface area contributed by atoms with Crippen molar-refractivity contribution in [2.45, 2.75) is 33.0 Å². The van der Waals surface area contributed by atoms with Crippen molar-refractivity contribution in [1.82, 2.24) is 14.9 Å². The summed E-state index contributed by atoms with van der Waals surface area (Å²) in [5.41, 5.74) is 1.61. The molecule has 1 N–H and O–H groups in total. The average molecular weight is 326 g/mol. The minimum absolute atomic E-state index is 0.196. The van der Waals surface area contributed by atoms with Crippen molar-refractivity contribution >= 4 is 15.9 Å². The van der Waals surface area contributed by atoms with Gasteiger partial charge in [0.1, 0.15) is 5.82 Å². The van der Waals surface area contributed by atoms with Crippen LogP contribution in [0.2, 0.25) is 0 Å². The predicted octanol–water partition coefficient (Wildman–Crippen LogP) is 3.33. The maximum Gasteiger partial charge on any atom is 0.128 e. The van der Waals surface area contributed by atoms with Gasteiger partial charge in [-0.05, 0) is 18.2 Å². The molecule has 3 nitrogen and oxygen atoms in total. The van der Waals surface area contributed by atoms with Gasteiger partial charge in [-0.1, -0.05) is 29.8 Å². The van der Waals surface area contributed by atoms with Crippen LogP contribution in [-0.4, -0.2) is 15.6 Å². The molecule has 1 aromatic heterocycles. The van der Waals surface area contributed by atoms with Crippen molar-refractivity contribution in [2.75, 3.05) is 0 Å². The molecule has 2 rings (SSSR count). The van der Waals surface area contributed by atoms with Gasteiger partial charge in [-0.2, -0.15) is 0 Å². The Morgan fingerprint density at radius 2 is 2.21 bits per heavy atom. The highest BCUT2D eigenvalue weighted by molar-refractivity contribution is 9.10. The number of hydrogen-bond acceptors (Lipinski definition) is 2. The topological polar surface area (TPSA) is 29.9 Å². The molecule has 0 atom stereocenters. The third kappa shape index (κ3) is 4.14. The van der Waals surface area contributed by atoms with Gasteiger partial charge in [-0.25, -0.2) is 9.37 Å². The van der Waals surface area contributed by atoms with E-state index in [9.17, 15) is 4.39 Å². The Morgan fingerprint density at radius 1 is 1.42 bits per heavy atom. The Bertz CT molecular complexity index is 551. The lowest BCUT2D eigenvalue weighted by Gasteiger charge is -2.06. The van der Waals surface area contributed by atoms with Crippen LogP contribution in [0.1, 0.15) is 25.1 Å². The van der Waals surface area contributed by atoms with Gasteiger partial charge in [0.15, 0.2) is 0 Å². The first kappa shape index (κ1) is 14.2. The third-order valence-electron chi connectivity index (χ3n) is 2.74. The molecule has 0 aliphatic carbocycles. The zero-order chi connectivity index (χ0) is 13.8. The summed E-state index contributed by atoms with van der Waals surface area (Å²) in [6.45, 7) is 5.40. The molecule has 2 aromatic rings. The number of halogens is 2. The molecule has 0 aliphatic rings. The van der Waals surface area contributed by atoms with Gasteiger partial charge in [0.25, 0.3) is 0 Å². The number of aromatic nitrogens is 2. The van der Waals surface area contributed by atoms with Crippen LogP contribution in [0.3, 0.4) is 0 Å². The number of benzene rings is 1. The van der Waals surface area contributed by atoms with Gasteiger partial charge < -0.3 is 9.88 Å². The van der Waals surface area contributed by atoms with E-state index < -0.39 is 0 Å². The van der Waals surface area contributed by atoms with Crippen molar-refractivity contribution < 1.29 is 4.39 Å². The molecule has 5 heteroatoms. The van der Waals surface area contributed by atoms with E-state index >= 15 is 0 Å². The molecule has 102 valence electrons. The van der Waals surface area contributed by atoms with Crippen LogP contribution >= 0.6 is 15.9 Å². The third-order valence-corrected chi connectivity index (χ3v) is 3.23. The quantitative estimate of drug-likeness (QED) is 0.913. The smallest absolute Gasteiger partial charge is 0.128 e. The highest BCUT2D eigenvalue weighted by Crippen LogP contribution is 2.16. The number of nitrogens with one attached hydrogen (secondary N) is 1. The normalized spacial score (nSPS) is 11.2. The van der Waals surface area contributed by atoms with E-state index in [-0.39, 0.29) is 5.82 Å². The van der Waals surface area contributed by atoms with Crippen LogP contribution in [0.4, 0.5) is 4.39 Å². The van der Waals surface area contributed by atoms with E-state index in [1.165, 1.54) is 6.07 Å². The molecular formula is C14H17BrFN3. The van der Waals surface area contributed by atoms with E-state index in [1.807, 2.05) is 10.8 Å². The van der Waals surface area contributed by atoms with E-state index in [0.717, 1.165) is 16.7 Å². The molecule has 0 spiro atoms. The van der Waals surface area contributed by atoms with Crippen LogP contribution in [-0.2, 0) is 13.1 Å². The first-order valence-corrected chi connectivity index (χ1v) is 7.02. The van der Waals surface area contributed by atoms with Crippen molar-refractivity contribution in [3.8, 4) is 0 Å². The van der Waals surface area contributed by atoms with E-state index in [0.29, 0.717) is 18.2 Å². The van der Waals surface area contributed by atoms with Crippen molar-refractivity contribution in [3.05, 3.63) is 52.3 Å². The Kier molecular flexibility index (Phi) is 4.71. The number of imidazole rings is 1. The van der Waals surface area contributed by atoms with Gasteiger partial charge in [0.05, 0.1) is 18.6 Å². The number of rotatable bonds is 5. The minimum atomic E-state index is -0.196. The summed E-state index contributed by atoms with van der Waals surface area (Å²) >= 11 is 3.35. The number of nitrogens with zero attached hydrogens (tertiary/aromatic N) is 2. The maximum absolute atomic E-state index is 13.6. The Hall–Kier alpha value is -1.20. The van der Waals surface area contributed by atoms with Crippen molar-refractivity contribution in [1.29, 1.82) is 0 Å². The zero-order valence-corrected chi connectivity index (χ0v) is 12.6. The van der Waals surface area contributed by atoms with Crippen LogP contribution in [0.15, 0.2) is 35.2 Å². The van der Waals surface area contributed by atoms with Crippen molar-refractivity contribution in [2.24, 2.45) is 0 Å². The van der Waals surface area contributed by atoms with E-state index in [4.69, 9.17) is 0 Å². The molecule has 0 unspecified atom stereocenters. The summed E-state index contributed by atoms with van der Waals surface area (Å²) in [7, 11) is 0. The molecule has 0 saturated heterocycles. The molecular weight excluding hydrogens is 309 g/mol. The van der Waals surface area contributed by atoms with Crippen LogP contribution in [0.25, 0.3) is 0 Å². The summed E-state index contributed by atoms with van der Waals surface area (Å²) < 4.78 is 16.4. The van der Waals surface area contributed by atoms with Crippen LogP contribution in [0, 0.1) is 5.82 Å². The fourth-order valence-corrected chi connectivity index (χ4v) is 2.16. The maximum atomic E-state index is 13.6. The van der Waals surface area contributed by atoms with E-state index in [2.05, 4.69) is 40.1 Å². The summed E-state index contributed by atoms with van der Waals surface area (Å²) in [6, 6.07) is 5.39. The highest BCUT2D eigenvalue weighted by Gasteiger charge is 2.05. The number of hydrogen-bond donors (Lipinski definition) is 1. The minimum Gasteiger partial charge on any atom is -0.333 e. The Balaban J connectivity index is 2.05. The Labute approximate surface area is 121 Å². The summed E-state index contributed by atoms with van der Waals surface area (Å²) in [5.74, 6) is -0.196. The predicted molar refractivity (Wildman–Crippen MR) is 77.4 cm³/mol. The zero-order valence-electron chi connectivity index (χ0n) is 11.0. The molecule has 0 amide bonds. The largest absolute Gasteiger partial charge is 0.333 e. The lowest BCUT2D eigenvalue weighted by Crippen LogP contribution is -2.21. The summed E-state index contributed by atoms with van der Waals surface area (Å²) in [5, 5.41) is 3.30. The lowest BCUT2D eigenvalue weighted by atomic mass is 10.2. The second-order valence-corrected chi connectivity index (χ2v) is 5.72. The molecule has 0 bridgehead atoms. The van der Waals surface area contributed by atoms with Gasteiger partial charge in [-0.15, -0.1) is 0 Å². The van der Waals surface area contributed by atoms with Gasteiger partial charge in [-0.3, -0.25) is 0 Å². The molecule has 0 saturated carbocycles. The molecule has 1 heterocycles. The monoisotopic (exact) mass is 325 g/mol. The summed E-state index contributed by atoms with van der Waals surface area (Å²) in [4.78, 5) is 4.30. The summed E-state index contributed by atoms with van der Waals surface area (Å²) in [6.07, 6.45) is 3.67. The van der Waals surface area contributed by atoms with Crippen LogP contribution in [0.5, 0.6) is 0 Å². The molecule has 0 radical (unpaired) electrons. The first-order valence-electron chi connectivity index (χ1n) is 6.22.